The molecule has 0 unspecified atom stereocenters. The molecular weight excluding hydrogens is 331 g/mol. The molecule has 3 N–H and O–H groups in total. The molecule has 2 aromatic carbocycles. The number of amides is 1. The lowest BCUT2D eigenvalue weighted by atomic mass is 9.89. The third-order valence-electron chi connectivity index (χ3n) is 4.55. The lowest BCUT2D eigenvalue weighted by Gasteiger charge is -2.27. The van der Waals surface area contributed by atoms with Gasteiger partial charge in [-0.2, -0.15) is 0 Å². The lowest BCUT2D eigenvalue weighted by Crippen LogP contribution is -2.36. The summed E-state index contributed by atoms with van der Waals surface area (Å²) in [5, 5.41) is 2.97. The van der Waals surface area contributed by atoms with Crippen molar-refractivity contribution in [2.24, 2.45) is 0 Å². The molecule has 0 aliphatic carbocycles. The summed E-state index contributed by atoms with van der Waals surface area (Å²) in [6.07, 6.45) is 1.91. The first kappa shape index (κ1) is 16.2. The van der Waals surface area contributed by atoms with Gasteiger partial charge in [0, 0.05) is 12.6 Å². The molecule has 2 heterocycles. The third-order valence-corrected chi connectivity index (χ3v) is 4.55. The van der Waals surface area contributed by atoms with Gasteiger partial charge in [0.25, 0.3) is 5.91 Å². The van der Waals surface area contributed by atoms with E-state index in [9.17, 15) is 9.18 Å². The molecule has 130 valence electrons. The fourth-order valence-corrected chi connectivity index (χ4v) is 3.34. The Balaban J connectivity index is 1.81. The van der Waals surface area contributed by atoms with Gasteiger partial charge in [-0.1, -0.05) is 35.9 Å². The summed E-state index contributed by atoms with van der Waals surface area (Å²) in [5.41, 5.74) is 10.3. The van der Waals surface area contributed by atoms with E-state index in [4.69, 9.17) is 5.73 Å². The number of halogens is 1. The molecule has 6 heteroatoms. The number of carbonyl (C=O) groups excluding carboxylic acids is 1. The highest BCUT2D eigenvalue weighted by Gasteiger charge is 2.28. The molecule has 4 rings (SSSR count). The average Bonchev–Trinajstić information content (AvgIpc) is 2.61. The summed E-state index contributed by atoms with van der Waals surface area (Å²) in [6.45, 7) is 1.99. The van der Waals surface area contributed by atoms with Crippen LogP contribution in [0.3, 0.4) is 0 Å². The number of nitrogens with two attached hydrogens (primary N) is 1. The Labute approximate surface area is 150 Å². The van der Waals surface area contributed by atoms with Crippen molar-refractivity contribution in [1.82, 2.24) is 15.3 Å². The molecule has 1 aromatic heterocycles. The van der Waals surface area contributed by atoms with Crippen molar-refractivity contribution in [3.05, 3.63) is 76.9 Å². The van der Waals surface area contributed by atoms with Crippen LogP contribution in [-0.2, 0) is 6.42 Å². The number of rotatable bonds is 2. The van der Waals surface area contributed by atoms with E-state index >= 15 is 0 Å². The molecule has 3 aromatic rings. The SMILES string of the molecule is Cc1cccc(-c2cc(F)ccc2[C@H]2Cc3nc(N)ncc3C(=O)N2)c1. The number of fused-ring (bicyclic) bond motifs is 1. The zero-order valence-corrected chi connectivity index (χ0v) is 14.2. The first-order chi connectivity index (χ1) is 12.5. The Morgan fingerprint density at radius 3 is 2.85 bits per heavy atom. The number of anilines is 1. The average molecular weight is 348 g/mol. The monoisotopic (exact) mass is 348 g/mol. The number of nitrogens with one attached hydrogen (secondary N) is 1. The molecule has 0 saturated heterocycles. The van der Waals surface area contributed by atoms with Crippen molar-refractivity contribution < 1.29 is 9.18 Å². The summed E-state index contributed by atoms with van der Waals surface area (Å²) in [5.74, 6) is -0.439. The number of hydrogen-bond acceptors (Lipinski definition) is 4. The Hall–Kier alpha value is -3.28. The quantitative estimate of drug-likeness (QED) is 0.745. The number of benzene rings is 2. The maximum atomic E-state index is 13.9. The van der Waals surface area contributed by atoms with Crippen LogP contribution in [0.2, 0.25) is 0 Å². The molecule has 0 saturated carbocycles. The minimum absolute atomic E-state index is 0.134. The van der Waals surface area contributed by atoms with Crippen LogP contribution >= 0.6 is 0 Å². The fraction of sp³-hybridized carbons (Fsp3) is 0.150. The molecule has 0 radical (unpaired) electrons. The number of aryl methyl sites for hydroxylation is 1. The van der Waals surface area contributed by atoms with Gasteiger partial charge in [0.1, 0.15) is 5.82 Å². The zero-order valence-electron chi connectivity index (χ0n) is 14.2. The van der Waals surface area contributed by atoms with Crippen LogP contribution < -0.4 is 11.1 Å². The van der Waals surface area contributed by atoms with E-state index in [1.807, 2.05) is 31.2 Å². The smallest absolute Gasteiger partial charge is 0.255 e. The van der Waals surface area contributed by atoms with E-state index in [1.54, 1.807) is 6.07 Å². The highest BCUT2D eigenvalue weighted by molar-refractivity contribution is 5.96. The van der Waals surface area contributed by atoms with Crippen molar-refractivity contribution in [2.45, 2.75) is 19.4 Å². The van der Waals surface area contributed by atoms with Gasteiger partial charge < -0.3 is 11.1 Å². The highest BCUT2D eigenvalue weighted by Crippen LogP contribution is 2.33. The van der Waals surface area contributed by atoms with E-state index < -0.39 is 0 Å². The normalized spacial score (nSPS) is 16.1. The maximum Gasteiger partial charge on any atom is 0.255 e. The maximum absolute atomic E-state index is 13.9. The summed E-state index contributed by atoms with van der Waals surface area (Å²) in [6, 6.07) is 12.2. The van der Waals surface area contributed by atoms with Crippen molar-refractivity contribution in [3.63, 3.8) is 0 Å². The fourth-order valence-electron chi connectivity index (χ4n) is 3.34. The summed E-state index contributed by atoms with van der Waals surface area (Å²) >= 11 is 0. The number of aromatic nitrogens is 2. The van der Waals surface area contributed by atoms with Crippen LogP contribution in [0.15, 0.2) is 48.7 Å². The predicted octanol–water partition coefficient (Wildman–Crippen LogP) is 3.20. The Kier molecular flexibility index (Phi) is 3.88. The Morgan fingerprint density at radius 2 is 2.04 bits per heavy atom. The number of carbonyl (C=O) groups is 1. The molecule has 1 aliphatic rings. The minimum Gasteiger partial charge on any atom is -0.368 e. The van der Waals surface area contributed by atoms with Crippen LogP contribution in [0.4, 0.5) is 10.3 Å². The molecule has 0 bridgehead atoms. The number of nitrogen functional groups attached to an aromatic ring is 1. The van der Waals surface area contributed by atoms with Gasteiger partial charge in [-0.3, -0.25) is 4.79 Å². The predicted molar refractivity (Wildman–Crippen MR) is 96.9 cm³/mol. The van der Waals surface area contributed by atoms with Crippen LogP contribution in [0.5, 0.6) is 0 Å². The van der Waals surface area contributed by atoms with Crippen molar-refractivity contribution >= 4 is 11.9 Å². The second kappa shape index (κ2) is 6.22. The van der Waals surface area contributed by atoms with Gasteiger partial charge in [0.05, 0.1) is 17.3 Å². The minimum atomic E-state index is -0.320. The third kappa shape index (κ3) is 2.90. The van der Waals surface area contributed by atoms with E-state index in [1.165, 1.54) is 18.3 Å². The van der Waals surface area contributed by atoms with Gasteiger partial charge >= 0.3 is 0 Å². The molecule has 5 nitrogen and oxygen atoms in total. The number of nitrogens with zero attached hydrogens (tertiary/aromatic N) is 2. The van der Waals surface area contributed by atoms with Crippen LogP contribution in [0.1, 0.15) is 33.2 Å². The molecule has 0 spiro atoms. The standard InChI is InChI=1S/C20H17FN4O/c1-11-3-2-4-12(7-11)15-8-13(21)5-6-14(15)17-9-18-16(19(26)24-17)10-23-20(22)25-18/h2-8,10,17H,9H2,1H3,(H,24,26)(H2,22,23,25)/t17-/m1/s1. The van der Waals surface area contributed by atoms with Crippen molar-refractivity contribution in [2.75, 3.05) is 5.73 Å². The molecule has 1 aliphatic heterocycles. The van der Waals surface area contributed by atoms with Crippen LogP contribution in [-0.4, -0.2) is 15.9 Å². The number of hydrogen-bond donors (Lipinski definition) is 2. The highest BCUT2D eigenvalue weighted by atomic mass is 19.1. The van der Waals surface area contributed by atoms with Gasteiger partial charge in [-0.15, -0.1) is 0 Å². The molecule has 0 fully saturated rings. The van der Waals surface area contributed by atoms with Gasteiger partial charge in [-0.25, -0.2) is 14.4 Å². The van der Waals surface area contributed by atoms with Gasteiger partial charge in [0.15, 0.2) is 0 Å². The Morgan fingerprint density at radius 1 is 1.19 bits per heavy atom. The van der Waals surface area contributed by atoms with Crippen LogP contribution in [0, 0.1) is 12.7 Å². The van der Waals surface area contributed by atoms with Gasteiger partial charge in [0.2, 0.25) is 5.95 Å². The van der Waals surface area contributed by atoms with Crippen molar-refractivity contribution in [1.29, 1.82) is 0 Å². The molecule has 1 amide bonds. The largest absolute Gasteiger partial charge is 0.368 e. The first-order valence-corrected chi connectivity index (χ1v) is 8.30. The zero-order chi connectivity index (χ0) is 18.3. The molecular formula is C20H17FN4O. The first-order valence-electron chi connectivity index (χ1n) is 8.30. The van der Waals surface area contributed by atoms with E-state index in [-0.39, 0.29) is 23.7 Å². The summed E-state index contributed by atoms with van der Waals surface area (Å²) in [7, 11) is 0. The van der Waals surface area contributed by atoms with E-state index in [0.29, 0.717) is 17.7 Å². The van der Waals surface area contributed by atoms with Crippen molar-refractivity contribution in [3.8, 4) is 11.1 Å². The molecule has 1 atom stereocenters. The Bertz CT molecular complexity index is 1020. The van der Waals surface area contributed by atoms with E-state index in [2.05, 4.69) is 15.3 Å². The topological polar surface area (TPSA) is 80.9 Å². The molecule has 26 heavy (non-hydrogen) atoms. The summed E-state index contributed by atoms with van der Waals surface area (Å²) < 4.78 is 13.9. The van der Waals surface area contributed by atoms with E-state index in [0.717, 1.165) is 22.3 Å². The lowest BCUT2D eigenvalue weighted by molar-refractivity contribution is 0.0923. The second-order valence-corrected chi connectivity index (χ2v) is 6.42. The van der Waals surface area contributed by atoms with Crippen LogP contribution in [0.25, 0.3) is 11.1 Å². The van der Waals surface area contributed by atoms with Gasteiger partial charge in [-0.05, 0) is 35.7 Å². The second-order valence-electron chi connectivity index (χ2n) is 6.42. The summed E-state index contributed by atoms with van der Waals surface area (Å²) in [4.78, 5) is 20.5.